The number of rotatable bonds is 11. The smallest absolute Gasteiger partial charge is 0.307 e. The molecule has 0 spiro atoms. The minimum Gasteiger partial charge on any atom is -0.463 e. The lowest BCUT2D eigenvalue weighted by Crippen LogP contribution is -2.46. The third-order valence-electron chi connectivity index (χ3n) is 4.08. The second-order valence-corrected chi connectivity index (χ2v) is 11.5. The summed E-state index contributed by atoms with van der Waals surface area (Å²) in [5.41, 5.74) is -0.0786. The van der Waals surface area contributed by atoms with Crippen LogP contribution in [0, 0.1) is 22.2 Å². The Labute approximate surface area is 183 Å². The Bertz CT molecular complexity index is 523. The van der Waals surface area contributed by atoms with E-state index in [1.165, 1.54) is 0 Å². The first kappa shape index (κ1) is 28.4. The van der Waals surface area contributed by atoms with Crippen LogP contribution in [-0.4, -0.2) is 50.7 Å². The molecule has 0 aromatic rings. The maximum absolute atomic E-state index is 12.6. The summed E-state index contributed by atoms with van der Waals surface area (Å²) in [7, 11) is 0. The highest BCUT2D eigenvalue weighted by atomic mass is 16.6. The molecule has 0 saturated heterocycles. The van der Waals surface area contributed by atoms with Crippen LogP contribution in [0.2, 0.25) is 0 Å². The molecule has 2 N–H and O–H groups in total. The van der Waals surface area contributed by atoms with Gasteiger partial charge in [0.25, 0.3) is 0 Å². The maximum atomic E-state index is 12.6. The van der Waals surface area contributed by atoms with E-state index in [9.17, 15) is 14.4 Å². The first-order valence-electron chi connectivity index (χ1n) is 10.8. The number of hydrogen-bond donors (Lipinski definition) is 2. The Morgan fingerprint density at radius 3 is 1.57 bits per heavy atom. The number of hydrogen-bond acceptors (Lipinski definition) is 5. The molecule has 0 rings (SSSR count). The molecular weight excluding hydrogens is 384 g/mol. The summed E-state index contributed by atoms with van der Waals surface area (Å²) in [6.07, 6.45) is 0.610. The minimum atomic E-state index is -1.12. The molecule has 0 aliphatic carbocycles. The zero-order valence-electron chi connectivity index (χ0n) is 20.6. The van der Waals surface area contributed by atoms with Crippen LogP contribution in [-0.2, 0) is 23.9 Å². The molecule has 176 valence electrons. The van der Waals surface area contributed by atoms with Crippen LogP contribution in [0.5, 0.6) is 0 Å². The van der Waals surface area contributed by atoms with Crippen molar-refractivity contribution in [1.29, 1.82) is 0 Å². The molecule has 2 amide bonds. The van der Waals surface area contributed by atoms with E-state index in [0.717, 1.165) is 6.42 Å². The summed E-state index contributed by atoms with van der Waals surface area (Å²) in [6.45, 7) is 20.1. The van der Waals surface area contributed by atoms with Crippen molar-refractivity contribution in [2.45, 2.75) is 75.2 Å². The highest BCUT2D eigenvalue weighted by molar-refractivity contribution is 6.02. The van der Waals surface area contributed by atoms with Crippen molar-refractivity contribution in [2.75, 3.05) is 32.9 Å². The molecule has 7 heteroatoms. The number of carbonyl (C=O) groups is 3. The Morgan fingerprint density at radius 1 is 0.700 bits per heavy atom. The molecule has 0 unspecified atom stereocenters. The zero-order valence-corrected chi connectivity index (χ0v) is 20.6. The third kappa shape index (κ3) is 16.2. The molecule has 0 fully saturated rings. The molecule has 0 aliphatic heterocycles. The fourth-order valence-electron chi connectivity index (χ4n) is 2.18. The van der Waals surface area contributed by atoms with Gasteiger partial charge in [-0.15, -0.1) is 0 Å². The van der Waals surface area contributed by atoms with Gasteiger partial charge in [-0.05, 0) is 22.7 Å². The topological polar surface area (TPSA) is 93.7 Å². The predicted octanol–water partition coefficient (Wildman–Crippen LogP) is 3.31. The fourth-order valence-corrected chi connectivity index (χ4v) is 2.18. The second kappa shape index (κ2) is 12.3. The van der Waals surface area contributed by atoms with E-state index < -0.39 is 23.7 Å². The maximum Gasteiger partial charge on any atom is 0.307 e. The molecule has 0 aliphatic rings. The van der Waals surface area contributed by atoms with Gasteiger partial charge < -0.3 is 20.1 Å². The number of nitrogens with one attached hydrogen (secondary N) is 2. The largest absolute Gasteiger partial charge is 0.463 e. The number of esters is 1. The van der Waals surface area contributed by atoms with E-state index in [1.807, 2.05) is 41.5 Å². The van der Waals surface area contributed by atoms with E-state index in [0.29, 0.717) is 26.3 Å². The lowest BCUT2D eigenvalue weighted by Gasteiger charge is -2.23. The van der Waals surface area contributed by atoms with Crippen LogP contribution in [0.15, 0.2) is 0 Å². The highest BCUT2D eigenvalue weighted by Gasteiger charge is 2.31. The van der Waals surface area contributed by atoms with Crippen molar-refractivity contribution >= 4 is 17.8 Å². The van der Waals surface area contributed by atoms with Crippen molar-refractivity contribution in [2.24, 2.45) is 22.2 Å². The Morgan fingerprint density at radius 2 is 1.17 bits per heavy atom. The average Bonchev–Trinajstić information content (AvgIpc) is 2.56. The van der Waals surface area contributed by atoms with Gasteiger partial charge in [0.05, 0.1) is 13.0 Å². The van der Waals surface area contributed by atoms with Gasteiger partial charge in [0.15, 0.2) is 0 Å². The van der Waals surface area contributed by atoms with Crippen molar-refractivity contribution in [1.82, 2.24) is 10.6 Å². The van der Waals surface area contributed by atoms with Gasteiger partial charge >= 0.3 is 5.97 Å². The molecule has 0 radical (unpaired) electrons. The number of ether oxygens (including phenoxy) is 2. The van der Waals surface area contributed by atoms with Gasteiger partial charge in [0, 0.05) is 19.7 Å². The van der Waals surface area contributed by atoms with Crippen LogP contribution in [0.3, 0.4) is 0 Å². The molecule has 0 heterocycles. The summed E-state index contributed by atoms with van der Waals surface area (Å²) >= 11 is 0. The highest BCUT2D eigenvalue weighted by Crippen LogP contribution is 2.18. The lowest BCUT2D eigenvalue weighted by atomic mass is 9.93. The van der Waals surface area contributed by atoms with Crippen molar-refractivity contribution in [3.05, 3.63) is 0 Å². The SMILES string of the molecule is CC(C)(C)CCOCCOC(=O)CC(C(=O)NCC(C)(C)C)C(=O)NCC(C)(C)C. The van der Waals surface area contributed by atoms with Gasteiger partial charge in [-0.25, -0.2) is 0 Å². The molecule has 0 aromatic carbocycles. The van der Waals surface area contributed by atoms with E-state index >= 15 is 0 Å². The van der Waals surface area contributed by atoms with Crippen molar-refractivity contribution in [3.8, 4) is 0 Å². The van der Waals surface area contributed by atoms with Crippen LogP contribution in [0.25, 0.3) is 0 Å². The summed E-state index contributed by atoms with van der Waals surface area (Å²) in [6, 6.07) is 0. The Kier molecular flexibility index (Phi) is 11.6. The van der Waals surface area contributed by atoms with Crippen LogP contribution < -0.4 is 10.6 Å². The monoisotopic (exact) mass is 428 g/mol. The molecule has 0 bridgehead atoms. The zero-order chi connectivity index (χ0) is 23.6. The van der Waals surface area contributed by atoms with Crippen LogP contribution in [0.1, 0.15) is 75.2 Å². The normalized spacial score (nSPS) is 12.6. The van der Waals surface area contributed by atoms with Crippen LogP contribution >= 0.6 is 0 Å². The third-order valence-corrected chi connectivity index (χ3v) is 4.08. The molecule has 0 atom stereocenters. The van der Waals surface area contributed by atoms with Gasteiger partial charge in [0.2, 0.25) is 11.8 Å². The van der Waals surface area contributed by atoms with Gasteiger partial charge in [-0.3, -0.25) is 14.4 Å². The predicted molar refractivity (Wildman–Crippen MR) is 119 cm³/mol. The fraction of sp³-hybridized carbons (Fsp3) is 0.870. The van der Waals surface area contributed by atoms with E-state index in [2.05, 4.69) is 31.4 Å². The molecule has 30 heavy (non-hydrogen) atoms. The van der Waals surface area contributed by atoms with E-state index in [4.69, 9.17) is 9.47 Å². The second-order valence-electron chi connectivity index (χ2n) is 11.5. The summed E-state index contributed by atoms with van der Waals surface area (Å²) < 4.78 is 10.6. The van der Waals surface area contributed by atoms with E-state index in [-0.39, 0.29) is 29.3 Å². The van der Waals surface area contributed by atoms with Crippen molar-refractivity contribution < 1.29 is 23.9 Å². The Hall–Kier alpha value is -1.63. The number of carbonyl (C=O) groups excluding carboxylic acids is 3. The molecule has 0 saturated carbocycles. The number of amides is 2. The Balaban J connectivity index is 4.68. The average molecular weight is 429 g/mol. The van der Waals surface area contributed by atoms with Gasteiger partial charge in [-0.2, -0.15) is 0 Å². The van der Waals surface area contributed by atoms with Gasteiger partial charge in [-0.1, -0.05) is 62.3 Å². The van der Waals surface area contributed by atoms with Crippen molar-refractivity contribution in [3.63, 3.8) is 0 Å². The standard InChI is InChI=1S/C23H44N2O5/c1-21(2,3)10-11-29-12-13-30-18(26)14-17(19(27)24-15-22(4,5)6)20(28)25-16-23(7,8)9/h17H,10-16H2,1-9H3,(H,24,27)(H,25,28). The molecule has 7 nitrogen and oxygen atoms in total. The lowest BCUT2D eigenvalue weighted by molar-refractivity contribution is -0.151. The summed E-state index contributed by atoms with van der Waals surface area (Å²) in [5.74, 6) is -2.63. The summed E-state index contributed by atoms with van der Waals surface area (Å²) in [5, 5.41) is 5.54. The first-order valence-corrected chi connectivity index (χ1v) is 10.8. The molecular formula is C23H44N2O5. The quantitative estimate of drug-likeness (QED) is 0.299. The summed E-state index contributed by atoms with van der Waals surface area (Å²) in [4.78, 5) is 37.4. The van der Waals surface area contributed by atoms with E-state index in [1.54, 1.807) is 0 Å². The van der Waals surface area contributed by atoms with Gasteiger partial charge in [0.1, 0.15) is 12.5 Å². The first-order chi connectivity index (χ1) is 13.5. The molecule has 0 aromatic heterocycles. The minimum absolute atomic E-state index is 0.100. The van der Waals surface area contributed by atoms with Crippen LogP contribution in [0.4, 0.5) is 0 Å².